The van der Waals surface area contributed by atoms with Gasteiger partial charge < -0.3 is 30.4 Å². The second kappa shape index (κ2) is 9.77. The van der Waals surface area contributed by atoms with Crippen LogP contribution in [-0.4, -0.2) is 78.3 Å². The van der Waals surface area contributed by atoms with Crippen LogP contribution in [0.15, 0.2) is 24.4 Å². The van der Waals surface area contributed by atoms with E-state index in [0.717, 1.165) is 39.1 Å². The number of ether oxygens (including phenoxy) is 2. The van der Waals surface area contributed by atoms with Gasteiger partial charge >= 0.3 is 0 Å². The number of aromatic nitrogens is 3. The number of benzene rings is 1. The summed E-state index contributed by atoms with van der Waals surface area (Å²) < 4.78 is 10.8. The lowest BCUT2D eigenvalue weighted by molar-refractivity contribution is -0.0716. The number of piperidine rings is 1. The predicted molar refractivity (Wildman–Crippen MR) is 131 cm³/mol. The maximum absolute atomic E-state index is 12.9. The molecule has 5 rings (SSSR count). The molecule has 11 nitrogen and oxygen atoms in total. The summed E-state index contributed by atoms with van der Waals surface area (Å²) in [6.45, 7) is 3.58. The Kier molecular flexibility index (Phi) is 6.39. The van der Waals surface area contributed by atoms with Crippen LogP contribution < -0.4 is 20.7 Å². The highest BCUT2D eigenvalue weighted by Gasteiger charge is 2.30. The molecule has 0 unspecified atom stereocenters. The lowest BCUT2D eigenvalue weighted by atomic mass is 10.0. The molecular weight excluding hydrogens is 448 g/mol. The number of hydrogen-bond acceptors (Lipinski definition) is 9. The number of carbonyl (C=O) groups excluding carboxylic acids is 1. The van der Waals surface area contributed by atoms with Gasteiger partial charge in [-0.1, -0.05) is 0 Å². The van der Waals surface area contributed by atoms with Crippen molar-refractivity contribution in [2.75, 3.05) is 51.1 Å². The van der Waals surface area contributed by atoms with E-state index in [1.165, 1.54) is 0 Å². The number of H-pyrrole nitrogens is 1. The Labute approximate surface area is 202 Å². The molecule has 0 atom stereocenters. The van der Waals surface area contributed by atoms with E-state index in [4.69, 9.17) is 9.47 Å². The number of hydrogen-bond donors (Lipinski definition) is 4. The third kappa shape index (κ3) is 4.58. The van der Waals surface area contributed by atoms with E-state index in [1.54, 1.807) is 38.6 Å². The van der Waals surface area contributed by atoms with Crippen molar-refractivity contribution in [2.24, 2.45) is 0 Å². The number of amides is 1. The van der Waals surface area contributed by atoms with Gasteiger partial charge in [-0.05, 0) is 31.0 Å². The van der Waals surface area contributed by atoms with Crippen LogP contribution >= 0.6 is 0 Å². The predicted octanol–water partition coefficient (Wildman–Crippen LogP) is 2.22. The standard InChI is InChI=1S/C24H28N8O3/c1-26-21-20-15(10-25)11-27-22(20)31-24(30-21)29-18-4-3-14(9-19(18)34-2)23(33)28-16-5-7-32(8-6-16)17-12-35-13-17/h3-4,9,11,16-17H,5-8,12-13H2,1-2H3,(H,28,33)(H3,26,27,29,30,31). The summed E-state index contributed by atoms with van der Waals surface area (Å²) in [5.74, 6) is 1.23. The van der Waals surface area contributed by atoms with Gasteiger partial charge in [0.2, 0.25) is 5.95 Å². The van der Waals surface area contributed by atoms with Crippen LogP contribution in [0.25, 0.3) is 11.0 Å². The first-order valence-electron chi connectivity index (χ1n) is 11.6. The first-order chi connectivity index (χ1) is 17.1. The van der Waals surface area contributed by atoms with Crippen LogP contribution in [0.5, 0.6) is 5.75 Å². The lowest BCUT2D eigenvalue weighted by Crippen LogP contribution is -2.54. The van der Waals surface area contributed by atoms with Crippen molar-refractivity contribution in [3.63, 3.8) is 0 Å². The molecule has 2 fully saturated rings. The fourth-order valence-electron chi connectivity index (χ4n) is 4.53. The molecule has 0 saturated carbocycles. The second-order valence-corrected chi connectivity index (χ2v) is 8.70. The third-order valence-corrected chi connectivity index (χ3v) is 6.60. The average Bonchev–Trinajstić information content (AvgIpc) is 3.27. The minimum absolute atomic E-state index is 0.120. The van der Waals surface area contributed by atoms with Gasteiger partial charge in [-0.2, -0.15) is 15.2 Å². The zero-order valence-electron chi connectivity index (χ0n) is 19.7. The number of nitriles is 1. The lowest BCUT2D eigenvalue weighted by Gasteiger charge is -2.41. The first-order valence-corrected chi connectivity index (χ1v) is 11.6. The van der Waals surface area contributed by atoms with Crippen molar-refractivity contribution in [1.29, 1.82) is 5.26 Å². The molecule has 2 saturated heterocycles. The van der Waals surface area contributed by atoms with Gasteiger partial charge in [-0.15, -0.1) is 0 Å². The van der Waals surface area contributed by atoms with Gasteiger partial charge in [0.15, 0.2) is 0 Å². The minimum atomic E-state index is -0.120. The topological polar surface area (TPSA) is 140 Å². The van der Waals surface area contributed by atoms with E-state index in [0.29, 0.717) is 51.4 Å². The van der Waals surface area contributed by atoms with Crippen LogP contribution in [-0.2, 0) is 4.74 Å². The average molecular weight is 477 g/mol. The van der Waals surface area contributed by atoms with Crippen molar-refractivity contribution >= 4 is 34.4 Å². The molecule has 4 heterocycles. The normalized spacial score (nSPS) is 16.9. The molecule has 35 heavy (non-hydrogen) atoms. The summed E-state index contributed by atoms with van der Waals surface area (Å²) in [5, 5.41) is 19.3. The molecule has 11 heteroatoms. The Balaban J connectivity index is 1.28. The molecule has 1 aromatic carbocycles. The molecule has 2 aromatic heterocycles. The Bertz CT molecular complexity index is 1270. The number of likely N-dealkylation sites (tertiary alicyclic amines) is 1. The highest BCUT2D eigenvalue weighted by molar-refractivity contribution is 5.96. The van der Waals surface area contributed by atoms with Crippen molar-refractivity contribution in [3.05, 3.63) is 35.5 Å². The number of anilines is 3. The van der Waals surface area contributed by atoms with Crippen molar-refractivity contribution < 1.29 is 14.3 Å². The number of nitrogens with one attached hydrogen (secondary N) is 4. The minimum Gasteiger partial charge on any atom is -0.495 e. The molecule has 2 aliphatic rings. The molecule has 182 valence electrons. The maximum atomic E-state index is 12.9. The summed E-state index contributed by atoms with van der Waals surface area (Å²) in [6, 6.07) is 8.06. The van der Waals surface area contributed by atoms with Crippen LogP contribution in [0.3, 0.4) is 0 Å². The third-order valence-electron chi connectivity index (χ3n) is 6.60. The quantitative estimate of drug-likeness (QED) is 0.404. The molecular formula is C24H28N8O3. The maximum Gasteiger partial charge on any atom is 0.251 e. The van der Waals surface area contributed by atoms with Crippen LogP contribution in [0.1, 0.15) is 28.8 Å². The summed E-state index contributed by atoms with van der Waals surface area (Å²) in [7, 11) is 3.29. The summed E-state index contributed by atoms with van der Waals surface area (Å²) >= 11 is 0. The zero-order chi connectivity index (χ0) is 24.4. The van der Waals surface area contributed by atoms with Crippen molar-refractivity contribution in [1.82, 2.24) is 25.2 Å². The number of carbonyl (C=O) groups is 1. The Morgan fingerprint density at radius 3 is 2.74 bits per heavy atom. The molecule has 2 aliphatic heterocycles. The van der Waals surface area contributed by atoms with Gasteiger partial charge in [0.05, 0.1) is 43.0 Å². The summed E-state index contributed by atoms with van der Waals surface area (Å²) in [5.41, 5.74) is 2.15. The number of aromatic amines is 1. The number of fused-ring (bicyclic) bond motifs is 1. The van der Waals surface area contributed by atoms with E-state index in [9.17, 15) is 10.1 Å². The molecule has 1 amide bonds. The molecule has 0 bridgehead atoms. The van der Waals surface area contributed by atoms with Crippen LogP contribution in [0, 0.1) is 11.3 Å². The van der Waals surface area contributed by atoms with Crippen LogP contribution in [0.4, 0.5) is 17.5 Å². The number of rotatable bonds is 7. The van der Waals surface area contributed by atoms with Gasteiger partial charge in [-0.25, -0.2) is 0 Å². The SMILES string of the molecule is CNc1nc(Nc2ccc(C(=O)NC3CCN(C4COC4)CC3)cc2OC)nc2[nH]cc(C#N)c12. The first kappa shape index (κ1) is 22.9. The Hall–Kier alpha value is -3.88. The van der Waals surface area contributed by atoms with E-state index in [2.05, 4.69) is 41.9 Å². The molecule has 0 radical (unpaired) electrons. The van der Waals surface area contributed by atoms with Gasteiger partial charge in [-0.3, -0.25) is 9.69 Å². The van der Waals surface area contributed by atoms with E-state index in [-0.39, 0.29) is 11.9 Å². The Morgan fingerprint density at radius 2 is 2.09 bits per heavy atom. The highest BCUT2D eigenvalue weighted by Crippen LogP contribution is 2.30. The van der Waals surface area contributed by atoms with E-state index >= 15 is 0 Å². The monoisotopic (exact) mass is 476 g/mol. The van der Waals surface area contributed by atoms with Gasteiger partial charge in [0, 0.05) is 37.9 Å². The largest absolute Gasteiger partial charge is 0.495 e. The van der Waals surface area contributed by atoms with Crippen molar-refractivity contribution in [2.45, 2.75) is 24.9 Å². The number of nitrogens with zero attached hydrogens (tertiary/aromatic N) is 4. The second-order valence-electron chi connectivity index (χ2n) is 8.70. The molecule has 3 aromatic rings. The smallest absolute Gasteiger partial charge is 0.251 e. The van der Waals surface area contributed by atoms with Gasteiger partial charge in [0.1, 0.15) is 23.3 Å². The number of methoxy groups -OCH3 is 1. The summed E-state index contributed by atoms with van der Waals surface area (Å²) in [4.78, 5) is 27.3. The Morgan fingerprint density at radius 1 is 1.29 bits per heavy atom. The molecule has 4 N–H and O–H groups in total. The fraction of sp³-hybridized carbons (Fsp3) is 0.417. The van der Waals surface area contributed by atoms with Crippen LogP contribution in [0.2, 0.25) is 0 Å². The zero-order valence-corrected chi connectivity index (χ0v) is 19.7. The van der Waals surface area contributed by atoms with Gasteiger partial charge in [0.25, 0.3) is 5.91 Å². The molecule has 0 aliphatic carbocycles. The summed E-state index contributed by atoms with van der Waals surface area (Å²) in [6.07, 6.45) is 3.46. The molecule has 0 spiro atoms. The highest BCUT2D eigenvalue weighted by atomic mass is 16.5. The van der Waals surface area contributed by atoms with Crippen molar-refractivity contribution in [3.8, 4) is 11.8 Å². The van der Waals surface area contributed by atoms with E-state index < -0.39 is 0 Å². The van der Waals surface area contributed by atoms with E-state index in [1.807, 2.05) is 0 Å². The fourth-order valence-corrected chi connectivity index (χ4v) is 4.53.